The lowest BCUT2D eigenvalue weighted by molar-refractivity contribution is -0.329. The Labute approximate surface area is 238 Å². The van der Waals surface area contributed by atoms with Gasteiger partial charge >= 0.3 is 5.97 Å². The Morgan fingerprint density at radius 3 is 2.71 bits per heavy atom. The number of fused-ring (bicyclic) bond motifs is 3. The van der Waals surface area contributed by atoms with E-state index in [2.05, 4.69) is 18.0 Å². The minimum absolute atomic E-state index is 0.0241. The zero-order chi connectivity index (χ0) is 29.1. The summed E-state index contributed by atoms with van der Waals surface area (Å²) in [5.74, 6) is 0.228. The molecule has 1 aromatic rings. The van der Waals surface area contributed by atoms with Crippen molar-refractivity contribution >= 4 is 17.6 Å². The van der Waals surface area contributed by atoms with Gasteiger partial charge in [0.1, 0.15) is 31.0 Å². The first-order chi connectivity index (χ1) is 19.6. The number of hydrogen-bond acceptors (Lipinski definition) is 11. The molecular formula is C29H39N3O9. The number of aromatic nitrogens is 2. The standard InChI is InChI=1S/C29H39N3O9/c1-28-7-5-21(41-26-24(37)23(36)22(35)19(13-33)40-26)29(2,14-34)20(28)11-18-16(12-32-9-8-30-27(32)31-18)17(28)4-3-15-6-10-39-25(15)38/h3-4,6,8-9,16-17,19-24,26,33-37H,5,7,10-14H2,1-2H3/b4-3+/t16?,17?,19?,20?,21-,22?,23?,24?,26?,28-,29+/m1/s1. The van der Waals surface area contributed by atoms with Crippen LogP contribution in [0.3, 0.4) is 0 Å². The second-order valence-corrected chi connectivity index (χ2v) is 12.5. The monoisotopic (exact) mass is 573 g/mol. The molecule has 41 heavy (non-hydrogen) atoms. The van der Waals surface area contributed by atoms with E-state index >= 15 is 0 Å². The zero-order valence-corrected chi connectivity index (χ0v) is 23.2. The quantitative estimate of drug-likeness (QED) is 0.234. The lowest BCUT2D eigenvalue weighted by Crippen LogP contribution is -2.64. The first-order valence-electron chi connectivity index (χ1n) is 14.3. The predicted octanol–water partition coefficient (Wildman–Crippen LogP) is 0.245. The molecule has 3 aliphatic heterocycles. The molecule has 1 saturated heterocycles. The van der Waals surface area contributed by atoms with Crippen LogP contribution in [-0.2, 0) is 25.5 Å². The predicted molar refractivity (Wildman–Crippen MR) is 144 cm³/mol. The maximum Gasteiger partial charge on any atom is 0.338 e. The van der Waals surface area contributed by atoms with Gasteiger partial charge in [0.05, 0.1) is 24.9 Å². The Kier molecular flexibility index (Phi) is 7.46. The topological polar surface area (TPSA) is 176 Å². The number of cyclic esters (lactones) is 1. The number of allylic oxidation sites excluding steroid dienone is 1. The van der Waals surface area contributed by atoms with E-state index in [0.717, 1.165) is 5.71 Å². The third-order valence-electron chi connectivity index (χ3n) is 10.4. The van der Waals surface area contributed by atoms with E-state index in [4.69, 9.17) is 19.2 Å². The fourth-order valence-electron chi connectivity index (χ4n) is 7.91. The van der Waals surface area contributed by atoms with Gasteiger partial charge < -0.3 is 44.3 Å². The third-order valence-corrected chi connectivity index (χ3v) is 10.4. The van der Waals surface area contributed by atoms with Crippen molar-refractivity contribution in [3.05, 3.63) is 36.2 Å². The van der Waals surface area contributed by atoms with Gasteiger partial charge in [0, 0.05) is 36.0 Å². The van der Waals surface area contributed by atoms with Gasteiger partial charge in [-0.25, -0.2) is 14.8 Å². The lowest BCUT2D eigenvalue weighted by atomic mass is 9.45. The summed E-state index contributed by atoms with van der Waals surface area (Å²) < 4.78 is 19.1. The molecule has 6 rings (SSSR count). The Bertz CT molecular complexity index is 1260. The SMILES string of the molecule is C[C@]12CC[C@@H](OC3OC(CO)C(O)C(O)C3O)[C@@](C)(CO)C1CC1=Nc3nccn3CC1C2/C=C/C1=CCOC1=O. The number of nitrogens with zero attached hydrogens (tertiary/aromatic N) is 3. The highest BCUT2D eigenvalue weighted by atomic mass is 16.7. The maximum absolute atomic E-state index is 12.2. The Hall–Kier alpha value is -2.45. The van der Waals surface area contributed by atoms with Crippen LogP contribution in [-0.4, -0.2) is 103 Å². The van der Waals surface area contributed by atoms with E-state index in [1.165, 1.54) is 0 Å². The largest absolute Gasteiger partial charge is 0.458 e. The number of carbonyl (C=O) groups is 1. The Morgan fingerprint density at radius 2 is 2.00 bits per heavy atom. The molecule has 3 fully saturated rings. The summed E-state index contributed by atoms with van der Waals surface area (Å²) in [5, 5.41) is 51.8. The molecule has 4 heterocycles. The van der Waals surface area contributed by atoms with Crippen molar-refractivity contribution in [2.24, 2.45) is 33.6 Å². The van der Waals surface area contributed by atoms with Crippen LogP contribution in [0.1, 0.15) is 33.1 Å². The molecule has 11 atom stereocenters. The summed E-state index contributed by atoms with van der Waals surface area (Å²) in [4.78, 5) is 21.6. The van der Waals surface area contributed by atoms with Gasteiger partial charge in [0.15, 0.2) is 6.29 Å². The minimum Gasteiger partial charge on any atom is -0.458 e. The molecule has 2 saturated carbocycles. The van der Waals surface area contributed by atoms with E-state index in [1.807, 2.05) is 23.8 Å². The smallest absolute Gasteiger partial charge is 0.338 e. The van der Waals surface area contributed by atoms with Crippen molar-refractivity contribution < 1.29 is 44.5 Å². The fourth-order valence-corrected chi connectivity index (χ4v) is 7.91. The van der Waals surface area contributed by atoms with Crippen LogP contribution in [0.15, 0.2) is 41.2 Å². The number of rotatable bonds is 6. The maximum atomic E-state index is 12.2. The average molecular weight is 574 g/mol. The number of carbonyl (C=O) groups excluding carboxylic acids is 1. The van der Waals surface area contributed by atoms with Crippen LogP contribution in [0.5, 0.6) is 0 Å². The van der Waals surface area contributed by atoms with Crippen molar-refractivity contribution in [1.29, 1.82) is 0 Å². The van der Waals surface area contributed by atoms with Crippen molar-refractivity contribution in [1.82, 2.24) is 9.55 Å². The highest BCUT2D eigenvalue weighted by Crippen LogP contribution is 2.62. The molecule has 0 aromatic carbocycles. The summed E-state index contributed by atoms with van der Waals surface area (Å²) in [6.45, 7) is 4.39. The molecule has 0 radical (unpaired) electrons. The van der Waals surface area contributed by atoms with Crippen LogP contribution in [0.25, 0.3) is 0 Å². The van der Waals surface area contributed by atoms with Crippen LogP contribution in [0.4, 0.5) is 5.95 Å². The number of ether oxygens (including phenoxy) is 3. The molecule has 224 valence electrons. The molecule has 2 aliphatic carbocycles. The Balaban J connectivity index is 1.34. The summed E-state index contributed by atoms with van der Waals surface area (Å²) in [5.41, 5.74) is 0.396. The normalized spacial score (nSPS) is 44.1. The van der Waals surface area contributed by atoms with E-state index in [0.29, 0.717) is 37.3 Å². The Morgan fingerprint density at radius 1 is 1.20 bits per heavy atom. The number of imidazole rings is 1. The van der Waals surface area contributed by atoms with Crippen molar-refractivity contribution in [2.75, 3.05) is 19.8 Å². The molecule has 0 bridgehead atoms. The molecule has 0 spiro atoms. The molecule has 5 aliphatic rings. The summed E-state index contributed by atoms with van der Waals surface area (Å²) >= 11 is 0. The van der Waals surface area contributed by atoms with Gasteiger partial charge in [-0.1, -0.05) is 26.0 Å². The van der Waals surface area contributed by atoms with Crippen LogP contribution < -0.4 is 0 Å². The van der Waals surface area contributed by atoms with Gasteiger partial charge in [-0.05, 0) is 42.6 Å². The highest BCUT2D eigenvalue weighted by molar-refractivity contribution is 5.94. The average Bonchev–Trinajstić information content (AvgIpc) is 3.60. The lowest BCUT2D eigenvalue weighted by Gasteiger charge is -2.62. The van der Waals surface area contributed by atoms with E-state index in [-0.39, 0.29) is 42.4 Å². The first kappa shape index (κ1) is 28.7. The van der Waals surface area contributed by atoms with Gasteiger partial charge in [-0.2, -0.15) is 0 Å². The molecule has 1 aromatic heterocycles. The van der Waals surface area contributed by atoms with E-state index in [1.54, 1.807) is 12.3 Å². The minimum atomic E-state index is -1.55. The van der Waals surface area contributed by atoms with Gasteiger partial charge in [-0.15, -0.1) is 0 Å². The number of hydrogen-bond donors (Lipinski definition) is 5. The van der Waals surface area contributed by atoms with Gasteiger partial charge in [-0.3, -0.25) is 0 Å². The third kappa shape index (κ3) is 4.60. The van der Waals surface area contributed by atoms with Crippen molar-refractivity contribution in [3.8, 4) is 0 Å². The number of esters is 1. The van der Waals surface area contributed by atoms with E-state index < -0.39 is 48.8 Å². The number of aliphatic hydroxyl groups is 5. The molecule has 12 nitrogen and oxygen atoms in total. The second kappa shape index (κ2) is 10.7. The van der Waals surface area contributed by atoms with Crippen LogP contribution in [0.2, 0.25) is 0 Å². The molecular weight excluding hydrogens is 534 g/mol. The molecule has 8 unspecified atom stereocenters. The molecule has 5 N–H and O–H groups in total. The van der Waals surface area contributed by atoms with Crippen LogP contribution in [0, 0.1) is 28.6 Å². The van der Waals surface area contributed by atoms with Gasteiger partial charge in [0.25, 0.3) is 0 Å². The summed E-state index contributed by atoms with van der Waals surface area (Å²) in [6.07, 6.45) is 3.72. The fraction of sp³-hybridized carbons (Fsp3) is 0.690. The zero-order valence-electron chi connectivity index (χ0n) is 23.2. The second-order valence-electron chi connectivity index (χ2n) is 12.5. The first-order valence-corrected chi connectivity index (χ1v) is 14.3. The molecule has 0 amide bonds. The van der Waals surface area contributed by atoms with Crippen molar-refractivity contribution in [3.63, 3.8) is 0 Å². The number of aliphatic hydroxyl groups excluding tert-OH is 5. The summed E-state index contributed by atoms with van der Waals surface area (Å²) in [7, 11) is 0. The highest BCUT2D eigenvalue weighted by Gasteiger charge is 2.61. The van der Waals surface area contributed by atoms with Crippen molar-refractivity contribution in [2.45, 2.75) is 76.5 Å². The summed E-state index contributed by atoms with van der Waals surface area (Å²) in [6, 6.07) is 0. The van der Waals surface area contributed by atoms with Crippen LogP contribution >= 0.6 is 0 Å². The molecule has 12 heteroatoms. The van der Waals surface area contributed by atoms with E-state index in [9.17, 15) is 30.3 Å². The number of aliphatic imine (C=N–C) groups is 1. The van der Waals surface area contributed by atoms with Gasteiger partial charge in [0.2, 0.25) is 5.95 Å².